The molecule has 3 rings (SSSR count). The second-order valence-electron chi connectivity index (χ2n) is 6.78. The van der Waals surface area contributed by atoms with Crippen LogP contribution in [0.1, 0.15) is 30.9 Å². The first-order chi connectivity index (χ1) is 11.8. The van der Waals surface area contributed by atoms with Crippen molar-refractivity contribution in [3.8, 4) is 0 Å². The number of hydrogen-bond donors (Lipinski definition) is 1. The van der Waals surface area contributed by atoms with Gasteiger partial charge in [0.25, 0.3) is 11.8 Å². The highest BCUT2D eigenvalue weighted by atomic mass is 19.3. The molecule has 0 radical (unpaired) electrons. The van der Waals surface area contributed by atoms with Crippen molar-refractivity contribution in [2.24, 2.45) is 0 Å². The molecule has 2 amide bonds. The van der Waals surface area contributed by atoms with Crippen LogP contribution in [-0.4, -0.2) is 49.6 Å². The number of alkyl halides is 2. The first kappa shape index (κ1) is 17.8. The number of hydrogen-bond acceptors (Lipinski definition) is 3. The van der Waals surface area contributed by atoms with E-state index in [1.807, 2.05) is 0 Å². The van der Waals surface area contributed by atoms with E-state index >= 15 is 0 Å². The summed E-state index contributed by atoms with van der Waals surface area (Å²) in [6, 6.07) is 6.11. The maximum atomic E-state index is 13.6. The molecular weight excluding hydrogens is 330 g/mol. The van der Waals surface area contributed by atoms with Crippen LogP contribution < -0.4 is 5.32 Å². The van der Waals surface area contributed by atoms with Crippen LogP contribution >= 0.6 is 0 Å². The number of rotatable bonds is 4. The SMILES string of the molecule is CNC(=O)C1CN(C(=O)C2(c3cccc(C(C)(F)F)c3)CC2)CCO1. The number of nitrogens with zero attached hydrogens (tertiary/aromatic N) is 1. The van der Waals surface area contributed by atoms with Crippen LogP contribution in [0.3, 0.4) is 0 Å². The number of morpholine rings is 1. The Balaban J connectivity index is 1.81. The highest BCUT2D eigenvalue weighted by Gasteiger charge is 2.54. The normalized spacial score (nSPS) is 22.4. The van der Waals surface area contributed by atoms with Crippen molar-refractivity contribution in [1.29, 1.82) is 0 Å². The highest BCUT2D eigenvalue weighted by Crippen LogP contribution is 2.50. The van der Waals surface area contributed by atoms with Crippen LogP contribution in [0.15, 0.2) is 24.3 Å². The van der Waals surface area contributed by atoms with E-state index in [1.54, 1.807) is 17.0 Å². The molecule has 136 valence electrons. The van der Waals surface area contributed by atoms with E-state index in [1.165, 1.54) is 19.2 Å². The lowest BCUT2D eigenvalue weighted by atomic mass is 9.91. The van der Waals surface area contributed by atoms with Crippen molar-refractivity contribution in [3.05, 3.63) is 35.4 Å². The predicted octanol–water partition coefficient (Wildman–Crippen LogP) is 1.80. The fourth-order valence-electron chi connectivity index (χ4n) is 3.30. The van der Waals surface area contributed by atoms with E-state index in [-0.39, 0.29) is 30.5 Å². The van der Waals surface area contributed by atoms with E-state index in [4.69, 9.17) is 4.74 Å². The molecule has 1 saturated heterocycles. The van der Waals surface area contributed by atoms with Crippen LogP contribution in [0, 0.1) is 0 Å². The quantitative estimate of drug-likeness (QED) is 0.899. The van der Waals surface area contributed by atoms with Crippen molar-refractivity contribution in [2.75, 3.05) is 26.7 Å². The second-order valence-corrected chi connectivity index (χ2v) is 6.78. The summed E-state index contributed by atoms with van der Waals surface area (Å²) in [5.74, 6) is -3.32. The number of nitrogens with one attached hydrogen (secondary N) is 1. The fraction of sp³-hybridized carbons (Fsp3) is 0.556. The van der Waals surface area contributed by atoms with Gasteiger partial charge in [0.05, 0.1) is 18.6 Å². The summed E-state index contributed by atoms with van der Waals surface area (Å²) < 4.78 is 32.7. The van der Waals surface area contributed by atoms with Gasteiger partial charge in [0.15, 0.2) is 6.10 Å². The molecule has 0 aromatic heterocycles. The van der Waals surface area contributed by atoms with Crippen molar-refractivity contribution in [2.45, 2.75) is 37.2 Å². The molecule has 1 aromatic rings. The van der Waals surface area contributed by atoms with Gasteiger partial charge in [-0.15, -0.1) is 0 Å². The van der Waals surface area contributed by atoms with Crippen LogP contribution in [0.2, 0.25) is 0 Å². The van der Waals surface area contributed by atoms with Crippen LogP contribution in [0.4, 0.5) is 8.78 Å². The Bertz CT molecular complexity index is 683. The molecule has 2 aliphatic rings. The molecule has 1 heterocycles. The zero-order chi connectivity index (χ0) is 18.2. The second kappa shape index (κ2) is 6.37. The lowest BCUT2D eigenvalue weighted by Gasteiger charge is -2.34. The molecule has 5 nitrogen and oxygen atoms in total. The minimum atomic E-state index is -2.95. The first-order valence-corrected chi connectivity index (χ1v) is 8.39. The van der Waals surface area contributed by atoms with Gasteiger partial charge in [0.1, 0.15) is 0 Å². The van der Waals surface area contributed by atoms with Crippen LogP contribution in [0.5, 0.6) is 0 Å². The molecule has 2 fully saturated rings. The molecular formula is C18H22F2N2O3. The number of ether oxygens (including phenoxy) is 1. The average molecular weight is 352 g/mol. The van der Waals surface area contributed by atoms with Gasteiger partial charge in [-0.3, -0.25) is 9.59 Å². The fourth-order valence-corrected chi connectivity index (χ4v) is 3.30. The molecule has 0 spiro atoms. The third-order valence-corrected chi connectivity index (χ3v) is 4.97. The van der Waals surface area contributed by atoms with Gasteiger partial charge in [-0.05, 0) is 24.5 Å². The lowest BCUT2D eigenvalue weighted by Crippen LogP contribution is -2.53. The van der Waals surface area contributed by atoms with E-state index in [0.717, 1.165) is 6.92 Å². The Morgan fingerprint density at radius 3 is 2.68 bits per heavy atom. The number of halogens is 2. The number of benzene rings is 1. The molecule has 1 N–H and O–H groups in total. The van der Waals surface area contributed by atoms with Gasteiger partial charge in [0, 0.05) is 26.1 Å². The van der Waals surface area contributed by atoms with Gasteiger partial charge < -0.3 is 15.0 Å². The zero-order valence-corrected chi connectivity index (χ0v) is 14.4. The van der Waals surface area contributed by atoms with E-state index in [9.17, 15) is 18.4 Å². The minimum Gasteiger partial charge on any atom is -0.365 e. The Labute approximate surface area is 145 Å². The number of amides is 2. The Morgan fingerprint density at radius 1 is 1.36 bits per heavy atom. The molecule has 1 unspecified atom stereocenters. The molecule has 25 heavy (non-hydrogen) atoms. The average Bonchev–Trinajstić information content (AvgIpc) is 3.42. The smallest absolute Gasteiger partial charge is 0.270 e. The van der Waals surface area contributed by atoms with Gasteiger partial charge in [-0.2, -0.15) is 0 Å². The van der Waals surface area contributed by atoms with Gasteiger partial charge in [0.2, 0.25) is 5.91 Å². The molecule has 1 aliphatic carbocycles. The Morgan fingerprint density at radius 2 is 2.08 bits per heavy atom. The van der Waals surface area contributed by atoms with Crippen molar-refractivity contribution in [1.82, 2.24) is 10.2 Å². The topological polar surface area (TPSA) is 58.6 Å². The standard InChI is InChI=1S/C18H22F2N2O3/c1-17(19,20)12-4-3-5-13(10-12)18(6-7-18)16(24)22-8-9-25-14(11-22)15(23)21-2/h3-5,10,14H,6-9,11H2,1-2H3,(H,21,23). The number of carbonyl (C=O) groups excluding carboxylic acids is 2. The molecule has 1 aromatic carbocycles. The summed E-state index contributed by atoms with van der Waals surface area (Å²) in [6.45, 7) is 1.72. The molecule has 1 atom stereocenters. The largest absolute Gasteiger partial charge is 0.365 e. The Hall–Kier alpha value is -2.02. The molecule has 1 aliphatic heterocycles. The van der Waals surface area contributed by atoms with Gasteiger partial charge >= 0.3 is 0 Å². The Kier molecular flexibility index (Phi) is 4.53. The maximum Gasteiger partial charge on any atom is 0.270 e. The number of carbonyl (C=O) groups is 2. The van der Waals surface area contributed by atoms with Gasteiger partial charge in [-0.25, -0.2) is 8.78 Å². The van der Waals surface area contributed by atoms with E-state index < -0.39 is 17.4 Å². The van der Waals surface area contributed by atoms with Crippen LogP contribution in [-0.2, 0) is 25.7 Å². The number of likely N-dealkylation sites (N-methyl/N-ethyl adjacent to an activating group) is 1. The summed E-state index contributed by atoms with van der Waals surface area (Å²) >= 11 is 0. The highest BCUT2D eigenvalue weighted by molar-refractivity contribution is 5.92. The monoisotopic (exact) mass is 352 g/mol. The lowest BCUT2D eigenvalue weighted by molar-refractivity contribution is -0.148. The summed E-state index contributed by atoms with van der Waals surface area (Å²) in [4.78, 5) is 26.4. The summed E-state index contributed by atoms with van der Waals surface area (Å²) in [6.07, 6.45) is 0.573. The summed E-state index contributed by atoms with van der Waals surface area (Å²) in [5, 5.41) is 2.52. The van der Waals surface area contributed by atoms with Crippen molar-refractivity contribution in [3.63, 3.8) is 0 Å². The van der Waals surface area contributed by atoms with Gasteiger partial charge in [-0.1, -0.05) is 18.2 Å². The minimum absolute atomic E-state index is 0.0886. The third-order valence-electron chi connectivity index (χ3n) is 4.97. The summed E-state index contributed by atoms with van der Waals surface area (Å²) in [5.41, 5.74) is -0.208. The van der Waals surface area contributed by atoms with E-state index in [0.29, 0.717) is 24.9 Å². The summed E-state index contributed by atoms with van der Waals surface area (Å²) in [7, 11) is 1.52. The first-order valence-electron chi connectivity index (χ1n) is 8.39. The van der Waals surface area contributed by atoms with Crippen molar-refractivity contribution >= 4 is 11.8 Å². The predicted molar refractivity (Wildman–Crippen MR) is 87.3 cm³/mol. The molecule has 0 bridgehead atoms. The van der Waals surface area contributed by atoms with Crippen LogP contribution in [0.25, 0.3) is 0 Å². The van der Waals surface area contributed by atoms with Crippen molar-refractivity contribution < 1.29 is 23.1 Å². The third kappa shape index (κ3) is 3.38. The molecule has 7 heteroatoms. The zero-order valence-electron chi connectivity index (χ0n) is 14.4. The maximum absolute atomic E-state index is 13.6. The van der Waals surface area contributed by atoms with E-state index in [2.05, 4.69) is 5.32 Å². The molecule has 1 saturated carbocycles.